The van der Waals surface area contributed by atoms with Gasteiger partial charge in [-0.2, -0.15) is 0 Å². The molecule has 1 aromatic rings. The van der Waals surface area contributed by atoms with Gasteiger partial charge in [-0.25, -0.2) is 21.9 Å². The molecule has 1 aliphatic rings. The van der Waals surface area contributed by atoms with E-state index in [1.165, 1.54) is 0 Å². The third-order valence-electron chi connectivity index (χ3n) is 3.42. The van der Waals surface area contributed by atoms with Crippen LogP contribution >= 0.6 is 0 Å². The number of sulfonamides is 1. The first-order valence-corrected chi connectivity index (χ1v) is 7.88. The van der Waals surface area contributed by atoms with Crippen molar-refractivity contribution < 1.29 is 22.3 Å². The number of hydrogen-bond donors (Lipinski definition) is 2. The molecule has 2 rings (SSSR count). The lowest BCUT2D eigenvalue weighted by Crippen LogP contribution is -2.51. The van der Waals surface area contributed by atoms with E-state index in [1.54, 1.807) is 6.92 Å². The molecule has 1 fully saturated rings. The summed E-state index contributed by atoms with van der Waals surface area (Å²) >= 11 is 0. The summed E-state index contributed by atoms with van der Waals surface area (Å²) in [5, 5.41) is 8.67. The number of hydrogen-bond acceptors (Lipinski definition) is 3. The quantitative estimate of drug-likeness (QED) is 0.831. The SMILES string of the molecule is CC1(NS(=O)(=O)c2c(F)cc(F)cc2C#CCO)CCC1. The highest BCUT2D eigenvalue weighted by Gasteiger charge is 2.38. The molecule has 0 saturated heterocycles. The van der Waals surface area contributed by atoms with Gasteiger partial charge in [0.2, 0.25) is 10.0 Å². The number of benzene rings is 1. The highest BCUT2D eigenvalue weighted by Crippen LogP contribution is 2.33. The average molecular weight is 315 g/mol. The van der Waals surface area contributed by atoms with Gasteiger partial charge >= 0.3 is 0 Å². The molecule has 0 amide bonds. The van der Waals surface area contributed by atoms with Crippen LogP contribution in [0.3, 0.4) is 0 Å². The topological polar surface area (TPSA) is 66.4 Å². The van der Waals surface area contributed by atoms with Gasteiger partial charge in [-0.1, -0.05) is 11.8 Å². The minimum Gasteiger partial charge on any atom is -0.384 e. The van der Waals surface area contributed by atoms with Crippen molar-refractivity contribution in [2.45, 2.75) is 36.6 Å². The van der Waals surface area contributed by atoms with E-state index in [4.69, 9.17) is 5.11 Å². The zero-order valence-corrected chi connectivity index (χ0v) is 12.2. The van der Waals surface area contributed by atoms with Gasteiger partial charge in [-0.15, -0.1) is 0 Å². The van der Waals surface area contributed by atoms with Crippen LogP contribution in [0, 0.1) is 23.5 Å². The van der Waals surface area contributed by atoms with Crippen LogP contribution in [0.25, 0.3) is 0 Å². The van der Waals surface area contributed by atoms with Crippen LogP contribution in [-0.4, -0.2) is 25.7 Å². The molecule has 0 atom stereocenters. The number of rotatable bonds is 3. The normalized spacial score (nSPS) is 16.8. The molecule has 1 saturated carbocycles. The van der Waals surface area contributed by atoms with Crippen molar-refractivity contribution >= 4 is 10.0 Å². The molecule has 21 heavy (non-hydrogen) atoms. The fraction of sp³-hybridized carbons (Fsp3) is 0.429. The van der Waals surface area contributed by atoms with Crippen LogP contribution in [0.5, 0.6) is 0 Å². The largest absolute Gasteiger partial charge is 0.384 e. The summed E-state index contributed by atoms with van der Waals surface area (Å²) in [5.41, 5.74) is -0.918. The third kappa shape index (κ3) is 3.40. The van der Waals surface area contributed by atoms with Gasteiger partial charge in [0, 0.05) is 11.6 Å². The molecule has 0 radical (unpaired) electrons. The van der Waals surface area contributed by atoms with Crippen molar-refractivity contribution in [3.63, 3.8) is 0 Å². The second kappa shape index (κ2) is 5.72. The highest BCUT2D eigenvalue weighted by molar-refractivity contribution is 7.89. The molecule has 0 bridgehead atoms. The predicted octanol–water partition coefficient (Wildman–Crippen LogP) is 1.53. The van der Waals surface area contributed by atoms with Crippen molar-refractivity contribution in [2.75, 3.05) is 6.61 Å². The van der Waals surface area contributed by atoms with Crippen LogP contribution in [0.2, 0.25) is 0 Å². The van der Waals surface area contributed by atoms with Gasteiger partial charge in [0.1, 0.15) is 23.1 Å². The predicted molar refractivity (Wildman–Crippen MR) is 72.9 cm³/mol. The smallest absolute Gasteiger partial charge is 0.245 e. The molecule has 1 aliphatic carbocycles. The molecule has 0 aromatic heterocycles. The van der Waals surface area contributed by atoms with Crippen molar-refractivity contribution in [2.24, 2.45) is 0 Å². The Morgan fingerprint density at radius 3 is 2.57 bits per heavy atom. The fourth-order valence-corrected chi connectivity index (χ4v) is 3.92. The van der Waals surface area contributed by atoms with Crippen LogP contribution in [-0.2, 0) is 10.0 Å². The van der Waals surface area contributed by atoms with E-state index < -0.39 is 38.7 Å². The van der Waals surface area contributed by atoms with E-state index in [-0.39, 0.29) is 5.56 Å². The summed E-state index contributed by atoms with van der Waals surface area (Å²) in [6, 6.07) is 1.34. The zero-order chi connectivity index (χ0) is 15.7. The van der Waals surface area contributed by atoms with E-state index in [9.17, 15) is 17.2 Å². The number of nitrogens with one attached hydrogen (secondary N) is 1. The Bertz CT molecular complexity index is 716. The van der Waals surface area contributed by atoms with Crippen LogP contribution in [0.4, 0.5) is 8.78 Å². The number of aliphatic hydroxyl groups is 1. The van der Waals surface area contributed by atoms with Crippen molar-refractivity contribution in [1.29, 1.82) is 0 Å². The molecular formula is C14H15F2NO3S. The molecule has 1 aromatic carbocycles. The van der Waals surface area contributed by atoms with E-state index in [1.807, 2.05) is 0 Å². The molecule has 4 nitrogen and oxygen atoms in total. The summed E-state index contributed by atoms with van der Waals surface area (Å²) in [6.07, 6.45) is 2.21. The lowest BCUT2D eigenvalue weighted by molar-refractivity contribution is 0.247. The second-order valence-electron chi connectivity index (χ2n) is 5.24. The van der Waals surface area contributed by atoms with Gasteiger partial charge in [-0.3, -0.25) is 0 Å². The Morgan fingerprint density at radius 2 is 2.05 bits per heavy atom. The van der Waals surface area contributed by atoms with Gasteiger partial charge in [-0.05, 0) is 32.3 Å². The summed E-state index contributed by atoms with van der Waals surface area (Å²) in [7, 11) is -4.16. The fourth-order valence-electron chi connectivity index (χ4n) is 2.25. The molecule has 2 N–H and O–H groups in total. The molecule has 0 aliphatic heterocycles. The minimum absolute atomic E-state index is 0.308. The molecule has 7 heteroatoms. The van der Waals surface area contributed by atoms with Gasteiger partial charge in [0.05, 0.1) is 5.56 Å². The average Bonchev–Trinajstić information content (AvgIpc) is 2.32. The van der Waals surface area contributed by atoms with Crippen LogP contribution < -0.4 is 4.72 Å². The second-order valence-corrected chi connectivity index (χ2v) is 6.86. The molecule has 0 heterocycles. The maximum atomic E-state index is 13.9. The Kier molecular flexibility index (Phi) is 4.33. The zero-order valence-electron chi connectivity index (χ0n) is 11.4. The lowest BCUT2D eigenvalue weighted by Gasteiger charge is -2.38. The Morgan fingerprint density at radius 1 is 1.38 bits per heavy atom. The molecular weight excluding hydrogens is 300 g/mol. The van der Waals surface area contributed by atoms with Crippen molar-refractivity contribution in [1.82, 2.24) is 4.72 Å². The maximum absolute atomic E-state index is 13.9. The first-order valence-electron chi connectivity index (χ1n) is 6.40. The molecule has 0 unspecified atom stereocenters. The molecule has 114 valence electrons. The lowest BCUT2D eigenvalue weighted by atomic mass is 9.80. The summed E-state index contributed by atoms with van der Waals surface area (Å²) in [5.74, 6) is 2.35. The number of halogens is 2. The molecule has 0 spiro atoms. The Labute approximate surface area is 122 Å². The summed E-state index contributed by atoms with van der Waals surface area (Å²) < 4.78 is 54.3. The standard InChI is InChI=1S/C14H15F2NO3S/c1-14(5-3-6-14)17-21(19,20)13-10(4-2-7-18)8-11(15)9-12(13)16/h8-9,17-18H,3,5-7H2,1H3. The van der Waals surface area contributed by atoms with Crippen LogP contribution in [0.15, 0.2) is 17.0 Å². The van der Waals surface area contributed by atoms with Crippen molar-refractivity contribution in [3.05, 3.63) is 29.3 Å². The van der Waals surface area contributed by atoms with Gasteiger partial charge in [0.15, 0.2) is 0 Å². The Balaban J connectivity index is 2.51. The summed E-state index contributed by atoms with van der Waals surface area (Å²) in [6.45, 7) is 1.19. The Hall–Kier alpha value is -1.49. The highest BCUT2D eigenvalue weighted by atomic mass is 32.2. The monoisotopic (exact) mass is 315 g/mol. The van der Waals surface area contributed by atoms with E-state index in [0.717, 1.165) is 12.5 Å². The minimum atomic E-state index is -4.16. The van der Waals surface area contributed by atoms with Crippen LogP contribution in [0.1, 0.15) is 31.7 Å². The third-order valence-corrected chi connectivity index (χ3v) is 5.13. The van der Waals surface area contributed by atoms with E-state index in [2.05, 4.69) is 16.6 Å². The summed E-state index contributed by atoms with van der Waals surface area (Å²) in [4.78, 5) is -0.682. The first-order chi connectivity index (χ1) is 9.77. The van der Waals surface area contributed by atoms with E-state index >= 15 is 0 Å². The van der Waals surface area contributed by atoms with Gasteiger partial charge < -0.3 is 5.11 Å². The number of aliphatic hydroxyl groups excluding tert-OH is 1. The van der Waals surface area contributed by atoms with Crippen molar-refractivity contribution in [3.8, 4) is 11.8 Å². The van der Waals surface area contributed by atoms with Gasteiger partial charge in [0.25, 0.3) is 0 Å². The first kappa shape index (κ1) is 15.9. The van der Waals surface area contributed by atoms with E-state index in [0.29, 0.717) is 18.9 Å². The maximum Gasteiger partial charge on any atom is 0.245 e.